The largest absolute Gasteiger partial charge is 0.489 e. The number of rotatable bonds is 2. The van der Waals surface area contributed by atoms with Crippen LogP contribution in [0.4, 0.5) is 0 Å². The average Bonchev–Trinajstić information content (AvgIpc) is 3.56. The van der Waals surface area contributed by atoms with E-state index in [-0.39, 0.29) is 23.7 Å². The summed E-state index contributed by atoms with van der Waals surface area (Å²) in [5.41, 5.74) is 2.51. The van der Waals surface area contributed by atoms with Gasteiger partial charge in [-0.15, -0.1) is 0 Å². The Morgan fingerprint density at radius 3 is 1.76 bits per heavy atom. The summed E-state index contributed by atoms with van der Waals surface area (Å²) in [6, 6.07) is 14.5. The second-order valence-corrected chi connectivity index (χ2v) is 10.6. The van der Waals surface area contributed by atoms with Crippen LogP contribution in [0.15, 0.2) is 54.1 Å². The van der Waals surface area contributed by atoms with Crippen LogP contribution < -0.4 is 14.2 Å². The highest BCUT2D eigenvalue weighted by Gasteiger charge is 2.38. The van der Waals surface area contributed by atoms with Gasteiger partial charge in [0.2, 0.25) is 11.6 Å². The van der Waals surface area contributed by atoms with Crippen LogP contribution in [0.2, 0.25) is 0 Å². The zero-order valence-corrected chi connectivity index (χ0v) is 25.7. The zero-order chi connectivity index (χ0) is 33.0. The molecule has 2 aliphatic heterocycles. The molecule has 0 amide bonds. The first-order valence-electron chi connectivity index (χ1n) is 14.2. The summed E-state index contributed by atoms with van der Waals surface area (Å²) in [6.45, 7) is 8.84. The van der Waals surface area contributed by atoms with E-state index >= 15 is 0 Å². The maximum atomic E-state index is 11.8. The van der Waals surface area contributed by atoms with Gasteiger partial charge in [-0.1, -0.05) is 48.5 Å². The third kappa shape index (κ3) is 7.26. The quantitative estimate of drug-likeness (QED) is 0.164. The number of ether oxygens (including phenoxy) is 5. The Hall–Kier alpha value is -5.32. The molecule has 0 saturated heterocycles. The first-order chi connectivity index (χ1) is 21.3. The van der Waals surface area contributed by atoms with Crippen molar-refractivity contribution in [3.63, 3.8) is 0 Å². The van der Waals surface area contributed by atoms with Crippen molar-refractivity contribution in [2.24, 2.45) is 0 Å². The van der Waals surface area contributed by atoms with Gasteiger partial charge in [0, 0.05) is 73.6 Å². The van der Waals surface area contributed by atoms with Gasteiger partial charge in [0.15, 0.2) is 11.5 Å². The molecule has 3 aliphatic rings. The van der Waals surface area contributed by atoms with E-state index in [1.54, 1.807) is 12.1 Å². The van der Waals surface area contributed by atoms with Gasteiger partial charge in [-0.05, 0) is 13.8 Å². The summed E-state index contributed by atoms with van der Waals surface area (Å²) in [5.74, 6) is -1.03. The summed E-state index contributed by atoms with van der Waals surface area (Å²) in [7, 11) is 0. The van der Waals surface area contributed by atoms with E-state index in [4.69, 9.17) is 18.9 Å². The molecule has 11 nitrogen and oxygen atoms in total. The van der Waals surface area contributed by atoms with Crippen molar-refractivity contribution >= 4 is 52.0 Å². The fourth-order valence-electron chi connectivity index (χ4n) is 5.21. The van der Waals surface area contributed by atoms with Gasteiger partial charge in [0.25, 0.3) is 0 Å². The van der Waals surface area contributed by atoms with E-state index in [2.05, 4.69) is 4.74 Å². The molecule has 1 aliphatic carbocycles. The normalized spacial score (nSPS) is 17.2. The molecule has 234 valence electrons. The lowest BCUT2D eigenvalue weighted by molar-refractivity contribution is -0.156. The van der Waals surface area contributed by atoms with Gasteiger partial charge >= 0.3 is 23.9 Å². The molecular weight excluding hydrogens is 584 g/mol. The van der Waals surface area contributed by atoms with Crippen molar-refractivity contribution in [2.75, 3.05) is 0 Å². The lowest BCUT2D eigenvalue weighted by atomic mass is 9.88. The van der Waals surface area contributed by atoms with Gasteiger partial charge in [-0.3, -0.25) is 28.8 Å². The van der Waals surface area contributed by atoms with E-state index in [9.17, 15) is 28.8 Å². The smallest absolute Gasteiger partial charge is 0.310 e. The second kappa shape index (κ2) is 13.5. The van der Waals surface area contributed by atoms with Crippen molar-refractivity contribution in [1.82, 2.24) is 0 Å². The van der Waals surface area contributed by atoms with Gasteiger partial charge in [-0.2, -0.15) is 0 Å². The Balaban J connectivity index is 0.000000175. The summed E-state index contributed by atoms with van der Waals surface area (Å²) >= 11 is 0. The van der Waals surface area contributed by atoms with Crippen LogP contribution in [0.5, 0.6) is 17.2 Å². The molecule has 0 saturated carbocycles. The number of hydrogen-bond acceptors (Lipinski definition) is 11. The van der Waals surface area contributed by atoms with Crippen LogP contribution in [0.3, 0.4) is 0 Å². The standard InChI is InChI=1S/C17H16O5.C13H10O3.C4H6O3/c1-9-8-14-15(20-9)12-6-4-5-7-13(12)16(21-10(2)18)17(14)22-11(3)19;1-7-6-10-12(15)11(14)8-4-2-3-5-9(8)13(10)16-7;1-3(5)7-4(2)6/h4-7,9H,8H2,1-3H3;2-5,7H,6H2,1H3;1-2H3. The first kappa shape index (κ1) is 32.6. The molecule has 0 fully saturated rings. The topological polar surface area (TPSA) is 149 Å². The number of esters is 4. The van der Waals surface area contributed by atoms with E-state index in [1.165, 1.54) is 27.7 Å². The van der Waals surface area contributed by atoms with Crippen molar-refractivity contribution in [3.8, 4) is 17.2 Å². The van der Waals surface area contributed by atoms with Gasteiger partial charge in [-0.25, -0.2) is 0 Å². The predicted molar refractivity (Wildman–Crippen MR) is 161 cm³/mol. The molecule has 45 heavy (non-hydrogen) atoms. The van der Waals surface area contributed by atoms with Crippen molar-refractivity contribution in [2.45, 2.75) is 66.6 Å². The molecule has 3 aromatic carbocycles. The molecule has 0 spiro atoms. The number of fused-ring (bicyclic) bond motifs is 5. The molecule has 2 heterocycles. The lowest BCUT2D eigenvalue weighted by Crippen LogP contribution is -2.22. The summed E-state index contributed by atoms with van der Waals surface area (Å²) in [5, 5.41) is 1.52. The van der Waals surface area contributed by atoms with Crippen molar-refractivity contribution in [3.05, 3.63) is 70.8 Å². The van der Waals surface area contributed by atoms with Crippen LogP contribution in [0.25, 0.3) is 16.5 Å². The van der Waals surface area contributed by atoms with E-state index in [1.807, 2.05) is 50.2 Å². The molecule has 6 rings (SSSR count). The van der Waals surface area contributed by atoms with E-state index < -0.39 is 35.4 Å². The van der Waals surface area contributed by atoms with Gasteiger partial charge in [0.1, 0.15) is 23.7 Å². The summed E-state index contributed by atoms with van der Waals surface area (Å²) < 4.78 is 26.2. The Bertz CT molecular complexity index is 1750. The predicted octanol–water partition coefficient (Wildman–Crippen LogP) is 5.08. The molecule has 0 N–H and O–H groups in total. The first-order valence-corrected chi connectivity index (χ1v) is 14.2. The van der Waals surface area contributed by atoms with Crippen LogP contribution in [0.1, 0.15) is 69.4 Å². The maximum Gasteiger partial charge on any atom is 0.310 e. The Morgan fingerprint density at radius 1 is 0.644 bits per heavy atom. The Labute approximate surface area is 259 Å². The van der Waals surface area contributed by atoms with Crippen molar-refractivity contribution < 1.29 is 52.5 Å². The lowest BCUT2D eigenvalue weighted by Gasteiger charge is -2.15. The SMILES string of the molecule is CC(=O)OC(C)=O.CC(=O)Oc1c2c(c3ccccc3c1OC(C)=O)OC(C)C2.CC1CC2=C(O1)c1ccccc1C(=O)C2=O. The molecule has 2 atom stereocenters. The highest BCUT2D eigenvalue weighted by Crippen LogP contribution is 2.49. The minimum absolute atomic E-state index is 0.0205. The number of carbonyl (C=O) groups is 6. The maximum absolute atomic E-state index is 11.8. The van der Waals surface area contributed by atoms with Crippen LogP contribution in [-0.4, -0.2) is 47.7 Å². The summed E-state index contributed by atoms with van der Waals surface area (Å²) in [4.78, 5) is 66.2. The monoisotopic (exact) mass is 616 g/mol. The van der Waals surface area contributed by atoms with Gasteiger partial charge in [0.05, 0.1) is 0 Å². The number of carbonyl (C=O) groups excluding carboxylic acids is 6. The van der Waals surface area contributed by atoms with Crippen molar-refractivity contribution in [1.29, 1.82) is 0 Å². The molecule has 2 unspecified atom stereocenters. The van der Waals surface area contributed by atoms with E-state index in [0.717, 1.165) is 16.5 Å². The Kier molecular flexibility index (Phi) is 9.81. The van der Waals surface area contributed by atoms with Crippen LogP contribution in [-0.2, 0) is 39.9 Å². The minimum atomic E-state index is -0.562. The zero-order valence-electron chi connectivity index (χ0n) is 25.7. The molecule has 0 aromatic heterocycles. The number of hydrogen-bond donors (Lipinski definition) is 0. The summed E-state index contributed by atoms with van der Waals surface area (Å²) in [6.07, 6.45) is 1.08. The highest BCUT2D eigenvalue weighted by molar-refractivity contribution is 6.52. The van der Waals surface area contributed by atoms with Gasteiger partial charge < -0.3 is 23.7 Å². The third-order valence-electron chi connectivity index (χ3n) is 6.74. The second-order valence-electron chi connectivity index (χ2n) is 10.6. The highest BCUT2D eigenvalue weighted by atomic mass is 16.6. The molecule has 3 aromatic rings. The fraction of sp³-hybridized carbons (Fsp3) is 0.294. The van der Waals surface area contributed by atoms with Crippen LogP contribution >= 0.6 is 0 Å². The fourth-order valence-corrected chi connectivity index (χ4v) is 5.21. The number of ketones is 2. The third-order valence-corrected chi connectivity index (χ3v) is 6.74. The average molecular weight is 617 g/mol. The molecule has 11 heteroatoms. The minimum Gasteiger partial charge on any atom is -0.489 e. The van der Waals surface area contributed by atoms with E-state index in [0.29, 0.717) is 40.9 Å². The Morgan fingerprint density at radius 2 is 1.18 bits per heavy atom. The number of Topliss-reactive ketones (excluding diaryl/α,β-unsaturated/α-hetero) is 2. The number of benzene rings is 3. The van der Waals surface area contributed by atoms with Crippen LogP contribution in [0, 0.1) is 0 Å². The molecule has 0 radical (unpaired) electrons. The molecule has 0 bridgehead atoms. The molecular formula is C34H32O11.